The Hall–Kier alpha value is -1.78. The molecule has 0 bridgehead atoms. The van der Waals surface area contributed by atoms with Crippen LogP contribution in [0.15, 0.2) is 16.1 Å². The normalized spacial score (nSPS) is 22.8. The summed E-state index contributed by atoms with van der Waals surface area (Å²) in [6.45, 7) is 18.4. The number of rotatable bonds is 0. The molecule has 0 atom stereocenters. The fraction of sp³-hybridized carbons (Fsp3) is 0.545. The van der Waals surface area contributed by atoms with Crippen molar-refractivity contribution in [3.05, 3.63) is 34.1 Å². The molecule has 1 spiro atoms. The second-order valence-electron chi connectivity index (χ2n) is 8.67. The second kappa shape index (κ2) is 4.93. The Balaban J connectivity index is 1.97. The van der Waals surface area contributed by atoms with Gasteiger partial charge >= 0.3 is 5.97 Å². The van der Waals surface area contributed by atoms with Gasteiger partial charge in [0.05, 0.1) is 11.2 Å². The van der Waals surface area contributed by atoms with Crippen LogP contribution in [0.2, 0.25) is 0 Å². The van der Waals surface area contributed by atoms with Gasteiger partial charge in [-0.25, -0.2) is 0 Å². The molecule has 140 valence electrons. The lowest BCUT2D eigenvalue weighted by molar-refractivity contribution is -0.283. The SMILES string of the molecule is CC1=C(C)C2(Oc3c1cc1c(C)c(C)oc1c3C)OC(C)(C)C(C)(C)O2. The van der Waals surface area contributed by atoms with Crippen LogP contribution in [-0.2, 0) is 9.47 Å². The number of furan rings is 1. The second-order valence-corrected chi connectivity index (χ2v) is 8.67. The molecule has 2 aliphatic rings. The molecule has 3 heterocycles. The molecule has 0 radical (unpaired) electrons. The highest BCUT2D eigenvalue weighted by Gasteiger charge is 2.61. The lowest BCUT2D eigenvalue weighted by atomic mass is 9.90. The highest BCUT2D eigenvalue weighted by atomic mass is 16.9. The van der Waals surface area contributed by atoms with Crippen molar-refractivity contribution in [2.75, 3.05) is 0 Å². The Morgan fingerprint density at radius 1 is 0.808 bits per heavy atom. The minimum Gasteiger partial charge on any atom is -0.461 e. The van der Waals surface area contributed by atoms with Crippen LogP contribution in [0, 0.1) is 20.8 Å². The standard InChI is InChI=1S/C22H28O4/c1-11-14(4)22(25-20(6,7)21(8,9)26-22)24-19-13(3)18-17(10-16(11)19)12(2)15(5)23-18/h10H,1-9H3. The molecular weight excluding hydrogens is 328 g/mol. The third-order valence-electron chi connectivity index (χ3n) is 6.54. The van der Waals surface area contributed by atoms with Crippen LogP contribution in [0.25, 0.3) is 16.5 Å². The Kier molecular flexibility index (Phi) is 3.34. The van der Waals surface area contributed by atoms with Gasteiger partial charge in [-0.1, -0.05) is 0 Å². The number of allylic oxidation sites excluding steroid dienone is 1. The van der Waals surface area contributed by atoms with Gasteiger partial charge in [0.2, 0.25) is 0 Å². The van der Waals surface area contributed by atoms with Gasteiger partial charge in [0.1, 0.15) is 17.1 Å². The first-order valence-electron chi connectivity index (χ1n) is 9.21. The van der Waals surface area contributed by atoms with E-state index in [2.05, 4.69) is 19.9 Å². The van der Waals surface area contributed by atoms with Gasteiger partial charge in [0.15, 0.2) is 0 Å². The number of hydrogen-bond donors (Lipinski definition) is 0. The average Bonchev–Trinajstić information content (AvgIpc) is 2.91. The summed E-state index contributed by atoms with van der Waals surface area (Å²) in [6.07, 6.45) is 0. The molecule has 4 rings (SSSR count). The van der Waals surface area contributed by atoms with Crippen molar-refractivity contribution >= 4 is 16.5 Å². The van der Waals surface area contributed by atoms with E-state index in [1.54, 1.807) is 0 Å². The summed E-state index contributed by atoms with van der Waals surface area (Å²) in [4.78, 5) is 0. The van der Waals surface area contributed by atoms with Crippen molar-refractivity contribution in [3.63, 3.8) is 0 Å². The monoisotopic (exact) mass is 356 g/mol. The maximum Gasteiger partial charge on any atom is 0.353 e. The van der Waals surface area contributed by atoms with E-state index in [0.29, 0.717) is 0 Å². The van der Waals surface area contributed by atoms with Crippen LogP contribution in [0.1, 0.15) is 64.0 Å². The van der Waals surface area contributed by atoms with E-state index in [9.17, 15) is 0 Å². The summed E-state index contributed by atoms with van der Waals surface area (Å²) in [5.74, 6) is 0.524. The van der Waals surface area contributed by atoms with Crippen molar-refractivity contribution in [1.29, 1.82) is 0 Å². The van der Waals surface area contributed by atoms with E-state index in [4.69, 9.17) is 18.6 Å². The molecule has 2 aliphatic heterocycles. The van der Waals surface area contributed by atoms with Crippen molar-refractivity contribution in [2.45, 2.75) is 79.5 Å². The molecule has 1 aromatic heterocycles. The maximum atomic E-state index is 6.46. The van der Waals surface area contributed by atoms with Crippen LogP contribution in [0.4, 0.5) is 0 Å². The maximum absolute atomic E-state index is 6.46. The molecular formula is C22H28O4. The molecule has 1 saturated heterocycles. The minimum absolute atomic E-state index is 0.484. The van der Waals surface area contributed by atoms with Gasteiger partial charge in [-0.2, -0.15) is 0 Å². The molecule has 1 fully saturated rings. The summed E-state index contributed by atoms with van der Waals surface area (Å²) in [5.41, 5.74) is 5.23. The van der Waals surface area contributed by atoms with E-state index < -0.39 is 17.2 Å². The zero-order valence-corrected chi connectivity index (χ0v) is 17.2. The Morgan fingerprint density at radius 2 is 1.38 bits per heavy atom. The minimum atomic E-state index is -1.20. The van der Waals surface area contributed by atoms with E-state index in [-0.39, 0.29) is 0 Å². The van der Waals surface area contributed by atoms with Gasteiger partial charge in [-0.05, 0) is 79.5 Å². The third-order valence-corrected chi connectivity index (χ3v) is 6.54. The number of benzene rings is 1. The highest BCUT2D eigenvalue weighted by Crippen LogP contribution is 2.53. The quantitative estimate of drug-likeness (QED) is 0.598. The van der Waals surface area contributed by atoms with E-state index in [0.717, 1.165) is 44.8 Å². The van der Waals surface area contributed by atoms with E-state index >= 15 is 0 Å². The molecule has 26 heavy (non-hydrogen) atoms. The number of ether oxygens (including phenoxy) is 3. The fourth-order valence-electron chi connectivity index (χ4n) is 3.80. The molecule has 4 nitrogen and oxygen atoms in total. The average molecular weight is 356 g/mol. The van der Waals surface area contributed by atoms with Crippen molar-refractivity contribution in [3.8, 4) is 5.75 Å². The summed E-state index contributed by atoms with van der Waals surface area (Å²) in [5, 5.41) is 1.14. The first kappa shape index (κ1) is 17.6. The Morgan fingerprint density at radius 3 is 1.96 bits per heavy atom. The number of aryl methyl sites for hydroxylation is 3. The summed E-state index contributed by atoms with van der Waals surface area (Å²) in [6, 6.07) is 2.17. The molecule has 0 saturated carbocycles. The first-order valence-corrected chi connectivity index (χ1v) is 9.21. The first-order chi connectivity index (χ1) is 11.9. The summed E-state index contributed by atoms with van der Waals surface area (Å²) in [7, 11) is 0. The van der Waals surface area contributed by atoms with Gasteiger partial charge in [0, 0.05) is 22.1 Å². The van der Waals surface area contributed by atoms with Crippen molar-refractivity contribution in [1.82, 2.24) is 0 Å². The van der Waals surface area contributed by atoms with Crippen LogP contribution in [0.5, 0.6) is 5.75 Å². The van der Waals surface area contributed by atoms with Crippen LogP contribution >= 0.6 is 0 Å². The van der Waals surface area contributed by atoms with Gasteiger partial charge in [0.25, 0.3) is 0 Å². The number of fused-ring (bicyclic) bond motifs is 2. The van der Waals surface area contributed by atoms with E-state index in [1.807, 2.05) is 48.5 Å². The molecule has 0 unspecified atom stereocenters. The molecule has 0 amide bonds. The molecule has 0 aliphatic carbocycles. The molecule has 1 aromatic carbocycles. The topological polar surface area (TPSA) is 40.8 Å². The smallest absolute Gasteiger partial charge is 0.353 e. The van der Waals surface area contributed by atoms with Crippen molar-refractivity contribution < 1.29 is 18.6 Å². The van der Waals surface area contributed by atoms with Crippen LogP contribution in [-0.4, -0.2) is 17.2 Å². The summed E-state index contributed by atoms with van der Waals surface area (Å²) >= 11 is 0. The van der Waals surface area contributed by atoms with Gasteiger partial charge < -0.3 is 18.6 Å². The number of hydrogen-bond acceptors (Lipinski definition) is 4. The lowest BCUT2D eigenvalue weighted by Crippen LogP contribution is -2.43. The van der Waals surface area contributed by atoms with Crippen molar-refractivity contribution in [2.24, 2.45) is 0 Å². The molecule has 0 N–H and O–H groups in total. The van der Waals surface area contributed by atoms with Crippen LogP contribution in [0.3, 0.4) is 0 Å². The van der Waals surface area contributed by atoms with Gasteiger partial charge in [-0.3, -0.25) is 0 Å². The summed E-state index contributed by atoms with van der Waals surface area (Å²) < 4.78 is 25.3. The fourth-order valence-corrected chi connectivity index (χ4v) is 3.80. The predicted octanol–water partition coefficient (Wildman–Crippen LogP) is 5.80. The largest absolute Gasteiger partial charge is 0.461 e. The third kappa shape index (κ3) is 2.03. The Bertz CT molecular complexity index is 956. The van der Waals surface area contributed by atoms with Gasteiger partial charge in [-0.15, -0.1) is 0 Å². The lowest BCUT2D eigenvalue weighted by Gasteiger charge is -2.36. The molecule has 2 aromatic rings. The van der Waals surface area contributed by atoms with E-state index in [1.165, 1.54) is 5.56 Å². The molecule has 4 heteroatoms. The highest BCUT2D eigenvalue weighted by molar-refractivity contribution is 5.92. The van der Waals surface area contributed by atoms with Crippen LogP contribution < -0.4 is 4.74 Å². The predicted molar refractivity (Wildman–Crippen MR) is 102 cm³/mol. The Labute approximate surface area is 155 Å². The zero-order valence-electron chi connectivity index (χ0n) is 17.2. The zero-order chi connectivity index (χ0) is 19.2.